The molecule has 0 bridgehead atoms. The van der Waals surface area contributed by atoms with Crippen LogP contribution in [0.2, 0.25) is 0 Å². The van der Waals surface area contributed by atoms with Crippen LogP contribution in [0.4, 0.5) is 0 Å². The summed E-state index contributed by atoms with van der Waals surface area (Å²) in [4.78, 5) is 0. The molecule has 17 heavy (non-hydrogen) atoms. The lowest BCUT2D eigenvalue weighted by atomic mass is 9.70. The molecular formula is C16H25N. The van der Waals surface area contributed by atoms with E-state index in [1.54, 1.807) is 5.56 Å². The summed E-state index contributed by atoms with van der Waals surface area (Å²) in [6.07, 6.45) is 2.77. The minimum absolute atomic E-state index is 0.757. The van der Waals surface area contributed by atoms with Gasteiger partial charge in [0.2, 0.25) is 0 Å². The maximum Gasteiger partial charge on any atom is -0.00146 e. The third-order valence-corrected chi connectivity index (χ3v) is 3.85. The standard InChI is InChI=1S/C16H25N/c1-12(2)10-17-11-15-7-8-16(15)14-6-4-5-13(3)9-14/h4-6,9,12,15-17H,7-8,10-11H2,1-3H3. The average Bonchev–Trinajstić information content (AvgIpc) is 2.22. The number of benzene rings is 1. The van der Waals surface area contributed by atoms with Gasteiger partial charge in [-0.05, 0) is 56.2 Å². The van der Waals surface area contributed by atoms with Crippen LogP contribution in [-0.2, 0) is 0 Å². The average molecular weight is 231 g/mol. The third-order valence-electron chi connectivity index (χ3n) is 3.85. The maximum absolute atomic E-state index is 3.60. The van der Waals surface area contributed by atoms with Crippen molar-refractivity contribution in [3.63, 3.8) is 0 Å². The van der Waals surface area contributed by atoms with Gasteiger partial charge in [0.15, 0.2) is 0 Å². The Balaban J connectivity index is 1.86. The second-order valence-corrected chi connectivity index (χ2v) is 5.91. The van der Waals surface area contributed by atoms with Crippen molar-refractivity contribution in [2.75, 3.05) is 13.1 Å². The lowest BCUT2D eigenvalue weighted by molar-refractivity contribution is 0.243. The molecule has 0 aliphatic heterocycles. The summed E-state index contributed by atoms with van der Waals surface area (Å²) in [5, 5.41) is 3.60. The van der Waals surface area contributed by atoms with Crippen molar-refractivity contribution in [3.05, 3.63) is 35.4 Å². The molecule has 1 N–H and O–H groups in total. The van der Waals surface area contributed by atoms with Gasteiger partial charge in [-0.15, -0.1) is 0 Å². The lowest BCUT2D eigenvalue weighted by Crippen LogP contribution is -2.35. The fourth-order valence-electron chi connectivity index (χ4n) is 2.71. The summed E-state index contributed by atoms with van der Waals surface area (Å²) in [6, 6.07) is 9.04. The molecule has 1 nitrogen and oxygen atoms in total. The zero-order valence-corrected chi connectivity index (χ0v) is 11.4. The molecule has 1 aliphatic carbocycles. The highest BCUT2D eigenvalue weighted by molar-refractivity contribution is 5.27. The Morgan fingerprint density at radius 2 is 2.12 bits per heavy atom. The smallest absolute Gasteiger partial charge is 0.00146 e. The van der Waals surface area contributed by atoms with Crippen molar-refractivity contribution >= 4 is 0 Å². The number of rotatable bonds is 5. The molecular weight excluding hydrogens is 206 g/mol. The summed E-state index contributed by atoms with van der Waals surface area (Å²) >= 11 is 0. The highest BCUT2D eigenvalue weighted by Gasteiger charge is 2.31. The molecule has 2 atom stereocenters. The van der Waals surface area contributed by atoms with E-state index in [2.05, 4.69) is 50.4 Å². The van der Waals surface area contributed by atoms with E-state index in [9.17, 15) is 0 Å². The topological polar surface area (TPSA) is 12.0 Å². The molecule has 1 heteroatoms. The molecule has 1 aromatic rings. The first kappa shape index (κ1) is 12.6. The molecule has 1 aliphatic rings. The highest BCUT2D eigenvalue weighted by Crippen LogP contribution is 2.42. The second kappa shape index (κ2) is 5.68. The first-order chi connectivity index (χ1) is 8.16. The second-order valence-electron chi connectivity index (χ2n) is 5.91. The van der Waals surface area contributed by atoms with Crippen LogP contribution < -0.4 is 5.32 Å². The molecule has 0 radical (unpaired) electrons. The zero-order valence-electron chi connectivity index (χ0n) is 11.4. The van der Waals surface area contributed by atoms with Gasteiger partial charge < -0.3 is 5.32 Å². The molecule has 1 saturated carbocycles. The summed E-state index contributed by atoms with van der Waals surface area (Å²) in [6.45, 7) is 9.07. The van der Waals surface area contributed by atoms with Crippen molar-refractivity contribution in [1.29, 1.82) is 0 Å². The van der Waals surface area contributed by atoms with Crippen LogP contribution in [0, 0.1) is 18.8 Å². The summed E-state index contributed by atoms with van der Waals surface area (Å²) in [5.41, 5.74) is 2.94. The van der Waals surface area contributed by atoms with Gasteiger partial charge in [-0.1, -0.05) is 43.7 Å². The molecule has 1 fully saturated rings. The fraction of sp³-hybridized carbons (Fsp3) is 0.625. The Labute approximate surface area is 106 Å². The molecule has 0 saturated heterocycles. The van der Waals surface area contributed by atoms with E-state index in [-0.39, 0.29) is 0 Å². The van der Waals surface area contributed by atoms with Gasteiger partial charge in [0, 0.05) is 0 Å². The van der Waals surface area contributed by atoms with Gasteiger partial charge in [-0.3, -0.25) is 0 Å². The van der Waals surface area contributed by atoms with Crippen molar-refractivity contribution in [2.45, 2.75) is 39.5 Å². The van der Waals surface area contributed by atoms with Gasteiger partial charge in [-0.2, -0.15) is 0 Å². The van der Waals surface area contributed by atoms with Crippen molar-refractivity contribution in [3.8, 4) is 0 Å². The summed E-state index contributed by atoms with van der Waals surface area (Å²) in [7, 11) is 0. The predicted octanol–water partition coefficient (Wildman–Crippen LogP) is 3.73. The SMILES string of the molecule is Cc1cccc(C2CCC2CNCC(C)C)c1. The number of aryl methyl sites for hydroxylation is 1. The molecule has 0 amide bonds. The Kier molecular flexibility index (Phi) is 4.22. The molecule has 0 aromatic heterocycles. The van der Waals surface area contributed by atoms with Crippen LogP contribution in [0.1, 0.15) is 43.7 Å². The molecule has 2 unspecified atom stereocenters. The lowest BCUT2D eigenvalue weighted by Gasteiger charge is -2.37. The van der Waals surface area contributed by atoms with E-state index in [1.165, 1.54) is 24.9 Å². The Hall–Kier alpha value is -0.820. The molecule has 94 valence electrons. The number of hydrogen-bond acceptors (Lipinski definition) is 1. The third kappa shape index (κ3) is 3.32. The summed E-state index contributed by atoms with van der Waals surface area (Å²) < 4.78 is 0. The fourth-order valence-corrected chi connectivity index (χ4v) is 2.71. The van der Waals surface area contributed by atoms with E-state index in [0.29, 0.717) is 0 Å². The first-order valence-electron chi connectivity index (χ1n) is 6.94. The Morgan fingerprint density at radius 3 is 2.71 bits per heavy atom. The van der Waals surface area contributed by atoms with E-state index in [1.807, 2.05) is 0 Å². The highest BCUT2D eigenvalue weighted by atomic mass is 14.9. The largest absolute Gasteiger partial charge is 0.316 e. The summed E-state index contributed by atoms with van der Waals surface area (Å²) in [5.74, 6) is 2.41. The Morgan fingerprint density at radius 1 is 1.29 bits per heavy atom. The van der Waals surface area contributed by atoms with Crippen LogP contribution in [0.15, 0.2) is 24.3 Å². The maximum atomic E-state index is 3.60. The first-order valence-corrected chi connectivity index (χ1v) is 6.94. The van der Waals surface area contributed by atoms with E-state index in [4.69, 9.17) is 0 Å². The number of nitrogens with one attached hydrogen (secondary N) is 1. The normalized spacial score (nSPS) is 23.8. The van der Waals surface area contributed by atoms with Crippen LogP contribution in [0.25, 0.3) is 0 Å². The predicted molar refractivity (Wildman–Crippen MR) is 74.4 cm³/mol. The van der Waals surface area contributed by atoms with Gasteiger partial charge in [0.25, 0.3) is 0 Å². The molecule has 2 rings (SSSR count). The Bertz CT molecular complexity index is 356. The van der Waals surface area contributed by atoms with E-state index < -0.39 is 0 Å². The quantitative estimate of drug-likeness (QED) is 0.814. The minimum Gasteiger partial charge on any atom is -0.316 e. The van der Waals surface area contributed by atoms with Crippen molar-refractivity contribution in [1.82, 2.24) is 5.32 Å². The van der Waals surface area contributed by atoms with Crippen molar-refractivity contribution in [2.24, 2.45) is 11.8 Å². The van der Waals surface area contributed by atoms with Gasteiger partial charge in [0.1, 0.15) is 0 Å². The molecule has 0 spiro atoms. The molecule has 1 aromatic carbocycles. The van der Waals surface area contributed by atoms with E-state index in [0.717, 1.165) is 24.3 Å². The van der Waals surface area contributed by atoms with Crippen LogP contribution in [0.3, 0.4) is 0 Å². The van der Waals surface area contributed by atoms with E-state index >= 15 is 0 Å². The van der Waals surface area contributed by atoms with Crippen molar-refractivity contribution < 1.29 is 0 Å². The minimum atomic E-state index is 0.757. The van der Waals surface area contributed by atoms with Crippen LogP contribution >= 0.6 is 0 Å². The monoisotopic (exact) mass is 231 g/mol. The van der Waals surface area contributed by atoms with Crippen LogP contribution in [0.5, 0.6) is 0 Å². The van der Waals surface area contributed by atoms with Crippen LogP contribution in [-0.4, -0.2) is 13.1 Å². The van der Waals surface area contributed by atoms with Gasteiger partial charge >= 0.3 is 0 Å². The van der Waals surface area contributed by atoms with Gasteiger partial charge in [-0.25, -0.2) is 0 Å². The molecule has 0 heterocycles. The zero-order chi connectivity index (χ0) is 12.3. The number of hydrogen-bond donors (Lipinski definition) is 1. The van der Waals surface area contributed by atoms with Gasteiger partial charge in [0.05, 0.1) is 0 Å².